The fourth-order valence-corrected chi connectivity index (χ4v) is 10.4. The maximum atomic E-state index is 8.29. The Bertz CT molecular complexity index is 3340. The van der Waals surface area contributed by atoms with E-state index in [0.29, 0.717) is 0 Å². The second-order valence-electron chi connectivity index (χ2n) is 13.7. The average molecular weight is 674 g/mol. The zero-order valence-electron chi connectivity index (χ0n) is 33.2. The van der Waals surface area contributed by atoms with Gasteiger partial charge in [-0.2, -0.15) is 0 Å². The normalized spacial score (nSPS) is 15.5. The summed E-state index contributed by atoms with van der Waals surface area (Å²) in [5.41, 5.74) is 12.5. The largest absolute Gasteiger partial charge is 0.310 e. The first-order valence-corrected chi connectivity index (χ1v) is 18.0. The van der Waals surface area contributed by atoms with Crippen LogP contribution in [0.15, 0.2) is 146 Å². The van der Waals surface area contributed by atoms with Gasteiger partial charge in [0, 0.05) is 72.9 Å². The van der Waals surface area contributed by atoms with Gasteiger partial charge in [-0.25, -0.2) is 0 Å². The molecule has 238 valence electrons. The van der Waals surface area contributed by atoms with Gasteiger partial charge in [-0.3, -0.25) is 0 Å². The summed E-state index contributed by atoms with van der Waals surface area (Å²) in [5, 5.41) is 5.60. The third kappa shape index (κ3) is 3.54. The van der Waals surface area contributed by atoms with Gasteiger partial charge in [0.05, 0.1) is 22.2 Å². The van der Waals surface area contributed by atoms with Crippen molar-refractivity contribution in [3.63, 3.8) is 0 Å². The minimum atomic E-state index is -2.27. The van der Waals surface area contributed by atoms with Gasteiger partial charge in [-0.15, -0.1) is 11.3 Å². The summed E-state index contributed by atoms with van der Waals surface area (Å²) in [6.07, 6.45) is 0. The molecule has 2 aliphatic rings. The van der Waals surface area contributed by atoms with Crippen LogP contribution < -0.4 is 20.6 Å². The monoisotopic (exact) mass is 673 g/mol. The molecule has 5 heterocycles. The first-order valence-electron chi connectivity index (χ1n) is 20.2. The molecule has 5 heteroatoms. The third-order valence-corrected chi connectivity index (χ3v) is 12.3. The van der Waals surface area contributed by atoms with E-state index < -0.39 is 13.7 Å². The molecule has 0 spiro atoms. The quantitative estimate of drug-likeness (QED) is 0.167. The van der Waals surface area contributed by atoms with Crippen LogP contribution in [0.5, 0.6) is 0 Å². The Labute approximate surface area is 307 Å². The van der Waals surface area contributed by atoms with E-state index in [2.05, 4.69) is 117 Å². The topological polar surface area (TPSA) is 13.1 Å². The number of benzene rings is 7. The first-order chi connectivity index (χ1) is 27.6. The molecule has 10 aromatic rings. The number of aryl methyl sites for hydroxylation is 2. The SMILES string of the molecule is [2H]C([2H])([2H])c1ccc(N2c3cccc4c3B(c3sc5ccc(C([2H])([2H])[2H])cc5c32)c2cccc3c5cc6c(cc5n-4c23)c2ccccc2n6-c2ccccc2)cc1. The van der Waals surface area contributed by atoms with Crippen LogP contribution in [-0.4, -0.2) is 15.8 Å². The van der Waals surface area contributed by atoms with E-state index in [1.165, 1.54) is 32.5 Å². The molecule has 0 bridgehead atoms. The molecule has 7 aromatic carbocycles. The van der Waals surface area contributed by atoms with E-state index >= 15 is 0 Å². The molecule has 51 heavy (non-hydrogen) atoms. The van der Waals surface area contributed by atoms with Crippen LogP contribution in [-0.2, 0) is 0 Å². The number of aromatic nitrogens is 2. The lowest BCUT2D eigenvalue weighted by Crippen LogP contribution is -2.59. The van der Waals surface area contributed by atoms with Crippen LogP contribution in [0.3, 0.4) is 0 Å². The predicted octanol–water partition coefficient (Wildman–Crippen LogP) is 10.3. The van der Waals surface area contributed by atoms with Gasteiger partial charge in [0.1, 0.15) is 0 Å². The molecule has 12 rings (SSSR count). The molecule has 0 atom stereocenters. The predicted molar refractivity (Wildman–Crippen MR) is 219 cm³/mol. The number of hydrogen-bond donors (Lipinski definition) is 0. The molecule has 0 unspecified atom stereocenters. The molecule has 0 saturated carbocycles. The van der Waals surface area contributed by atoms with Crippen LogP contribution in [0, 0.1) is 13.7 Å². The van der Waals surface area contributed by atoms with Crippen molar-refractivity contribution in [3.8, 4) is 11.4 Å². The van der Waals surface area contributed by atoms with E-state index in [-0.39, 0.29) is 17.8 Å². The van der Waals surface area contributed by atoms with Crippen molar-refractivity contribution < 1.29 is 8.22 Å². The van der Waals surface area contributed by atoms with Gasteiger partial charge in [0.15, 0.2) is 0 Å². The van der Waals surface area contributed by atoms with E-state index in [4.69, 9.17) is 8.22 Å². The summed E-state index contributed by atoms with van der Waals surface area (Å²) in [6, 6.07) is 49.7. The summed E-state index contributed by atoms with van der Waals surface area (Å²) in [4.78, 5) is 2.22. The van der Waals surface area contributed by atoms with Crippen molar-refractivity contribution >= 4 is 105 Å². The van der Waals surface area contributed by atoms with Crippen LogP contribution in [0.2, 0.25) is 0 Å². The highest BCUT2D eigenvalue weighted by Gasteiger charge is 2.43. The fourth-order valence-electron chi connectivity index (χ4n) is 9.08. The molecular weight excluding hydrogens is 637 g/mol. The maximum absolute atomic E-state index is 8.29. The molecule has 3 aromatic heterocycles. The zero-order valence-corrected chi connectivity index (χ0v) is 28.0. The molecule has 0 amide bonds. The Morgan fingerprint density at radius 3 is 2.12 bits per heavy atom. The maximum Gasteiger partial charge on any atom is 0.264 e. The summed E-state index contributed by atoms with van der Waals surface area (Å²) in [5.74, 6) is 0. The van der Waals surface area contributed by atoms with E-state index in [1.807, 2.05) is 24.3 Å². The van der Waals surface area contributed by atoms with Gasteiger partial charge in [-0.05, 0) is 91.4 Å². The van der Waals surface area contributed by atoms with Crippen LogP contribution in [0.25, 0.3) is 65.1 Å². The Kier molecular flexibility index (Phi) is 4.35. The summed E-state index contributed by atoms with van der Waals surface area (Å²) < 4.78 is 56.0. The Morgan fingerprint density at radius 1 is 0.529 bits per heavy atom. The highest BCUT2D eigenvalue weighted by atomic mass is 32.1. The number of anilines is 3. The van der Waals surface area contributed by atoms with Gasteiger partial charge in [-0.1, -0.05) is 90.0 Å². The van der Waals surface area contributed by atoms with Crippen molar-refractivity contribution in [2.75, 3.05) is 4.90 Å². The van der Waals surface area contributed by atoms with Gasteiger partial charge >= 0.3 is 0 Å². The number of para-hydroxylation sites is 3. The number of fused-ring (bicyclic) bond motifs is 12. The summed E-state index contributed by atoms with van der Waals surface area (Å²) in [6.45, 7) is -4.63. The highest BCUT2D eigenvalue weighted by Crippen LogP contribution is 2.47. The lowest BCUT2D eigenvalue weighted by atomic mass is 9.36. The molecule has 0 radical (unpaired) electrons. The molecule has 0 fully saturated rings. The lowest BCUT2D eigenvalue weighted by molar-refractivity contribution is 1.17. The standard InChI is InChI=1S/C46H30BN3S/c1-27-18-21-30(22-19-27)49-38-16-9-17-39-43(38)47(46-45(49)35-24-28(2)20-23-42(35)51-46)36-14-8-13-32-34-26-40-33(25-41(34)50(39)44(32)36)31-12-6-7-15-37(31)48(40)29-10-4-3-5-11-29/h3-26H,1-2H3/i1D3,2D3. The van der Waals surface area contributed by atoms with E-state index in [9.17, 15) is 0 Å². The smallest absolute Gasteiger partial charge is 0.264 e. The second-order valence-corrected chi connectivity index (χ2v) is 14.8. The first kappa shape index (κ1) is 22.6. The highest BCUT2D eigenvalue weighted by molar-refractivity contribution is 7.33. The van der Waals surface area contributed by atoms with Crippen LogP contribution in [0.4, 0.5) is 17.1 Å². The van der Waals surface area contributed by atoms with Crippen LogP contribution >= 0.6 is 11.3 Å². The average Bonchev–Trinajstić information content (AvgIpc) is 3.86. The zero-order chi connectivity index (χ0) is 38.5. The van der Waals surface area contributed by atoms with Crippen molar-refractivity contribution in [2.45, 2.75) is 13.7 Å². The third-order valence-electron chi connectivity index (χ3n) is 11.1. The minimum absolute atomic E-state index is 0.119. The second kappa shape index (κ2) is 9.81. The number of thiophene rings is 1. The summed E-state index contributed by atoms with van der Waals surface area (Å²) in [7, 11) is 0. The number of rotatable bonds is 2. The van der Waals surface area contributed by atoms with Crippen molar-refractivity contribution in [3.05, 3.63) is 157 Å². The van der Waals surface area contributed by atoms with Crippen molar-refractivity contribution in [1.29, 1.82) is 0 Å². The van der Waals surface area contributed by atoms with Crippen molar-refractivity contribution in [1.82, 2.24) is 9.13 Å². The molecule has 2 aliphatic heterocycles. The Morgan fingerprint density at radius 2 is 1.25 bits per heavy atom. The minimum Gasteiger partial charge on any atom is -0.310 e. The van der Waals surface area contributed by atoms with Crippen molar-refractivity contribution in [2.24, 2.45) is 0 Å². The molecule has 0 N–H and O–H groups in total. The fraction of sp³-hybridized carbons (Fsp3) is 0.0435. The summed E-state index contributed by atoms with van der Waals surface area (Å²) >= 11 is 1.71. The Hall–Kier alpha value is -6.04. The molecule has 0 aliphatic carbocycles. The molecule has 3 nitrogen and oxygen atoms in total. The van der Waals surface area contributed by atoms with Crippen LogP contribution in [0.1, 0.15) is 19.4 Å². The van der Waals surface area contributed by atoms with Gasteiger partial charge < -0.3 is 14.0 Å². The van der Waals surface area contributed by atoms with E-state index in [0.717, 1.165) is 65.3 Å². The molecular formula is C46H30BN3S. The lowest BCUT2D eigenvalue weighted by Gasteiger charge is -2.38. The number of hydrogen-bond acceptors (Lipinski definition) is 2. The Balaban J connectivity index is 1.20. The molecule has 0 saturated heterocycles. The van der Waals surface area contributed by atoms with E-state index in [1.54, 1.807) is 29.5 Å². The van der Waals surface area contributed by atoms with Gasteiger partial charge in [0.25, 0.3) is 6.71 Å². The number of nitrogens with zero attached hydrogens (tertiary/aromatic N) is 3. The van der Waals surface area contributed by atoms with Gasteiger partial charge in [0.2, 0.25) is 0 Å².